The van der Waals surface area contributed by atoms with Crippen molar-refractivity contribution < 1.29 is 27.1 Å². The molecule has 33 heavy (non-hydrogen) atoms. The predicted molar refractivity (Wildman–Crippen MR) is 117 cm³/mol. The number of aromatic nitrogens is 1. The van der Waals surface area contributed by atoms with Gasteiger partial charge in [0.1, 0.15) is 22.3 Å². The number of nitrogens with one attached hydrogen (secondary N) is 1. The summed E-state index contributed by atoms with van der Waals surface area (Å²) in [7, 11) is -1.24. The van der Waals surface area contributed by atoms with Crippen LogP contribution in [0.4, 0.5) is 10.1 Å². The third-order valence-electron chi connectivity index (χ3n) is 6.02. The van der Waals surface area contributed by atoms with Gasteiger partial charge in [-0.05, 0) is 44.9 Å². The van der Waals surface area contributed by atoms with Crippen LogP contribution in [-0.2, 0) is 26.6 Å². The number of amides is 1. The van der Waals surface area contributed by atoms with Crippen molar-refractivity contribution in [2.75, 3.05) is 25.5 Å². The predicted octanol–water partition coefficient (Wildman–Crippen LogP) is 2.48. The number of sulfonamides is 1. The lowest BCUT2D eigenvalue weighted by Gasteiger charge is -2.31. The lowest BCUT2D eigenvalue weighted by molar-refractivity contribution is -0.120. The van der Waals surface area contributed by atoms with Gasteiger partial charge in [-0.3, -0.25) is 4.79 Å². The Hall–Kier alpha value is -3.23. The maximum atomic E-state index is 13.6. The number of nitrogens with zero attached hydrogens (tertiary/aromatic N) is 3. The summed E-state index contributed by atoms with van der Waals surface area (Å²) < 4.78 is 48.3. The zero-order chi connectivity index (χ0) is 24.5. The molecule has 1 aromatic carbocycles. The van der Waals surface area contributed by atoms with Gasteiger partial charge in [0, 0.05) is 37.2 Å². The van der Waals surface area contributed by atoms with Gasteiger partial charge in [-0.15, -0.1) is 0 Å². The van der Waals surface area contributed by atoms with E-state index in [1.54, 1.807) is 31.5 Å². The largest absolute Gasteiger partial charge is 0.465 e. The van der Waals surface area contributed by atoms with Crippen molar-refractivity contribution in [3.05, 3.63) is 46.5 Å². The summed E-state index contributed by atoms with van der Waals surface area (Å²) in [5.74, 6) is -2.53. The summed E-state index contributed by atoms with van der Waals surface area (Å²) in [6.45, 7) is 3.38. The molecule has 2 heterocycles. The van der Waals surface area contributed by atoms with Crippen molar-refractivity contribution in [1.82, 2.24) is 8.87 Å². The molecule has 11 heteroatoms. The molecule has 176 valence electrons. The van der Waals surface area contributed by atoms with Gasteiger partial charge >= 0.3 is 5.97 Å². The number of rotatable bonds is 5. The minimum Gasteiger partial charge on any atom is -0.465 e. The normalized spacial score (nSPS) is 16.8. The molecule has 1 aliphatic rings. The zero-order valence-electron chi connectivity index (χ0n) is 18.8. The van der Waals surface area contributed by atoms with Gasteiger partial charge in [-0.25, -0.2) is 17.6 Å². The van der Waals surface area contributed by atoms with Gasteiger partial charge in [-0.2, -0.15) is 9.57 Å². The Labute approximate surface area is 191 Å². The lowest BCUT2D eigenvalue weighted by atomic mass is 9.98. The highest BCUT2D eigenvalue weighted by Crippen LogP contribution is 2.32. The van der Waals surface area contributed by atoms with E-state index in [0.29, 0.717) is 24.2 Å². The SMILES string of the molecule is COC(=O)c1c(S(=O)(=O)N2CCC[C@H](C(=O)Nc3ccc(F)c(C#N)c3)C2)c(C)n(C)c1C. The number of carbonyl (C=O) groups excluding carboxylic acids is 2. The smallest absolute Gasteiger partial charge is 0.341 e. The Morgan fingerprint density at radius 1 is 1.27 bits per heavy atom. The van der Waals surface area contributed by atoms with E-state index >= 15 is 0 Å². The molecule has 1 saturated heterocycles. The maximum Gasteiger partial charge on any atom is 0.341 e. The molecule has 0 aliphatic carbocycles. The molecule has 9 nitrogen and oxygen atoms in total. The molecule has 1 N–H and O–H groups in total. The van der Waals surface area contributed by atoms with Crippen LogP contribution in [0.15, 0.2) is 23.1 Å². The summed E-state index contributed by atoms with van der Waals surface area (Å²) in [6, 6.07) is 5.36. The molecule has 1 amide bonds. The third-order valence-corrected chi connectivity index (χ3v) is 8.05. The number of halogens is 1. The average Bonchev–Trinajstić information content (AvgIpc) is 3.04. The van der Waals surface area contributed by atoms with Crippen LogP contribution in [0.1, 0.15) is 40.2 Å². The molecule has 1 fully saturated rings. The van der Waals surface area contributed by atoms with Crippen molar-refractivity contribution in [3.63, 3.8) is 0 Å². The molecule has 0 radical (unpaired) electrons. The Balaban J connectivity index is 1.87. The van der Waals surface area contributed by atoms with E-state index in [2.05, 4.69) is 5.32 Å². The highest BCUT2D eigenvalue weighted by atomic mass is 32.2. The summed E-state index contributed by atoms with van der Waals surface area (Å²) >= 11 is 0. The van der Waals surface area contributed by atoms with Crippen LogP contribution in [0.5, 0.6) is 0 Å². The van der Waals surface area contributed by atoms with Crippen LogP contribution < -0.4 is 5.32 Å². The highest BCUT2D eigenvalue weighted by Gasteiger charge is 2.38. The van der Waals surface area contributed by atoms with Crippen LogP contribution in [0.25, 0.3) is 0 Å². The van der Waals surface area contributed by atoms with Crippen molar-refractivity contribution >= 4 is 27.6 Å². The first-order chi connectivity index (χ1) is 15.5. The second-order valence-electron chi connectivity index (χ2n) is 7.92. The Morgan fingerprint density at radius 2 is 1.97 bits per heavy atom. The number of methoxy groups -OCH3 is 1. The number of hydrogen-bond acceptors (Lipinski definition) is 6. The van der Waals surface area contributed by atoms with E-state index in [1.165, 1.54) is 23.5 Å². The van der Waals surface area contributed by atoms with Gasteiger partial charge in [0.25, 0.3) is 0 Å². The third kappa shape index (κ3) is 4.49. The monoisotopic (exact) mass is 476 g/mol. The molecule has 2 aromatic rings. The number of hydrogen-bond donors (Lipinski definition) is 1. The van der Waals surface area contributed by atoms with Gasteiger partial charge in [0.05, 0.1) is 18.6 Å². The molecule has 0 saturated carbocycles. The molecular weight excluding hydrogens is 451 g/mol. The molecule has 1 atom stereocenters. The number of ether oxygens (including phenoxy) is 1. The Bertz CT molecular complexity index is 1260. The topological polar surface area (TPSA) is 122 Å². The molecule has 0 unspecified atom stereocenters. The summed E-state index contributed by atoms with van der Waals surface area (Å²) in [5.41, 5.74) is 0.898. The van der Waals surface area contributed by atoms with Crippen LogP contribution in [-0.4, -0.2) is 49.4 Å². The van der Waals surface area contributed by atoms with Crippen LogP contribution in [0.2, 0.25) is 0 Å². The summed E-state index contributed by atoms with van der Waals surface area (Å²) in [6.07, 6.45) is 0.906. The molecule has 1 aliphatic heterocycles. The second kappa shape index (κ2) is 9.33. The van der Waals surface area contributed by atoms with Crippen molar-refractivity contribution in [2.45, 2.75) is 31.6 Å². The standard InChI is InChI=1S/C22H25FN4O5S/c1-13-19(22(29)32-4)20(14(2)26(13)3)33(30,31)27-9-5-6-15(12-27)21(28)25-17-7-8-18(23)16(10-17)11-24/h7-8,10,15H,5-6,9,12H2,1-4H3,(H,25,28)/t15-/m0/s1. The molecule has 0 bridgehead atoms. The van der Waals surface area contributed by atoms with Crippen molar-refractivity contribution in [2.24, 2.45) is 13.0 Å². The number of carbonyl (C=O) groups is 2. The first-order valence-electron chi connectivity index (χ1n) is 10.3. The Morgan fingerprint density at radius 3 is 2.61 bits per heavy atom. The Kier molecular flexibility index (Phi) is 6.90. The maximum absolute atomic E-state index is 13.6. The number of nitriles is 1. The van der Waals surface area contributed by atoms with E-state index in [1.807, 2.05) is 0 Å². The minimum atomic E-state index is -4.10. The fraction of sp³-hybridized carbons (Fsp3) is 0.409. The number of piperidine rings is 1. The second-order valence-corrected chi connectivity index (χ2v) is 9.80. The van der Waals surface area contributed by atoms with Crippen molar-refractivity contribution in [3.8, 4) is 6.07 Å². The minimum absolute atomic E-state index is 0.0144. The molecule has 3 rings (SSSR count). The van der Waals surface area contributed by atoms with E-state index in [-0.39, 0.29) is 34.8 Å². The van der Waals surface area contributed by atoms with Crippen LogP contribution in [0, 0.1) is 36.9 Å². The van der Waals surface area contributed by atoms with Crippen LogP contribution in [0.3, 0.4) is 0 Å². The number of benzene rings is 1. The fourth-order valence-corrected chi connectivity index (χ4v) is 6.01. The van der Waals surface area contributed by atoms with Crippen molar-refractivity contribution in [1.29, 1.82) is 5.26 Å². The van der Waals surface area contributed by atoms with E-state index in [0.717, 1.165) is 6.07 Å². The van der Waals surface area contributed by atoms with E-state index in [9.17, 15) is 22.4 Å². The number of esters is 1. The number of anilines is 1. The van der Waals surface area contributed by atoms with Gasteiger partial charge in [0.15, 0.2) is 0 Å². The zero-order valence-corrected chi connectivity index (χ0v) is 19.6. The average molecular weight is 477 g/mol. The van der Waals surface area contributed by atoms with E-state index < -0.39 is 33.6 Å². The lowest BCUT2D eigenvalue weighted by Crippen LogP contribution is -2.44. The van der Waals surface area contributed by atoms with Crippen LogP contribution >= 0.6 is 0 Å². The van der Waals surface area contributed by atoms with E-state index in [4.69, 9.17) is 10.00 Å². The van der Waals surface area contributed by atoms with Gasteiger partial charge in [-0.1, -0.05) is 0 Å². The molecule has 1 aromatic heterocycles. The molecular formula is C22H25FN4O5S. The summed E-state index contributed by atoms with van der Waals surface area (Å²) in [5, 5.41) is 11.6. The van der Waals surface area contributed by atoms with Gasteiger partial charge < -0.3 is 14.6 Å². The summed E-state index contributed by atoms with van der Waals surface area (Å²) in [4.78, 5) is 25.1. The fourth-order valence-electron chi connectivity index (χ4n) is 4.01. The highest BCUT2D eigenvalue weighted by molar-refractivity contribution is 7.89. The first kappa shape index (κ1) is 24.4. The molecule has 0 spiro atoms. The quantitative estimate of drug-likeness (QED) is 0.662. The van der Waals surface area contributed by atoms with Gasteiger partial charge in [0.2, 0.25) is 15.9 Å². The first-order valence-corrected chi connectivity index (χ1v) is 11.7.